The van der Waals surface area contributed by atoms with Gasteiger partial charge in [-0.2, -0.15) is 0 Å². The van der Waals surface area contributed by atoms with Crippen LogP contribution in [0.1, 0.15) is 31.2 Å². The molecular weight excluding hydrogens is 290 g/mol. The fourth-order valence-corrected chi connectivity index (χ4v) is 2.99. The first-order chi connectivity index (χ1) is 9.99. The monoisotopic (exact) mass is 311 g/mol. The molecule has 2 rings (SSSR count). The zero-order valence-electron chi connectivity index (χ0n) is 12.5. The lowest BCUT2D eigenvalue weighted by atomic mass is 10.0. The number of anilines is 1. The lowest BCUT2D eigenvalue weighted by Crippen LogP contribution is -2.43. The van der Waals surface area contributed by atoms with E-state index in [1.807, 2.05) is 13.8 Å². The molecule has 6 nitrogen and oxygen atoms in total. The molecule has 0 atom stereocenters. The second-order valence-corrected chi connectivity index (χ2v) is 5.76. The van der Waals surface area contributed by atoms with Crippen molar-refractivity contribution in [2.24, 2.45) is 5.73 Å². The third-order valence-electron chi connectivity index (χ3n) is 3.73. The number of amides is 1. The van der Waals surface area contributed by atoms with Crippen LogP contribution in [0.3, 0.4) is 0 Å². The van der Waals surface area contributed by atoms with Crippen LogP contribution in [0.5, 0.6) is 0 Å². The molecule has 2 heterocycles. The van der Waals surface area contributed by atoms with E-state index in [0.29, 0.717) is 23.6 Å². The van der Waals surface area contributed by atoms with Gasteiger partial charge >= 0.3 is 0 Å². The average Bonchev–Trinajstić information content (AvgIpc) is 2.40. The van der Waals surface area contributed by atoms with Crippen LogP contribution in [-0.4, -0.2) is 46.5 Å². The minimum atomic E-state index is -0.270. The van der Waals surface area contributed by atoms with Gasteiger partial charge in [0.2, 0.25) is 5.91 Å². The molecule has 0 spiro atoms. The largest absolute Gasteiger partial charge is 0.369 e. The number of halogens is 1. The number of hydrogen-bond acceptors (Lipinski definition) is 5. The zero-order valence-corrected chi connectivity index (χ0v) is 13.3. The summed E-state index contributed by atoms with van der Waals surface area (Å²) in [5.74, 6) is 1.24. The summed E-state index contributed by atoms with van der Waals surface area (Å²) in [5.41, 5.74) is 6.18. The molecule has 116 valence electrons. The molecule has 1 aliphatic heterocycles. The van der Waals surface area contributed by atoms with E-state index < -0.39 is 0 Å². The van der Waals surface area contributed by atoms with Crippen molar-refractivity contribution in [2.75, 3.05) is 25.0 Å². The van der Waals surface area contributed by atoms with Crippen molar-refractivity contribution in [2.45, 2.75) is 39.2 Å². The van der Waals surface area contributed by atoms with E-state index in [9.17, 15) is 4.79 Å². The number of aryl methyl sites for hydroxylation is 1. The van der Waals surface area contributed by atoms with Crippen molar-refractivity contribution in [1.29, 1.82) is 0 Å². The van der Waals surface area contributed by atoms with Gasteiger partial charge in [-0.15, -0.1) is 0 Å². The maximum absolute atomic E-state index is 10.9. The second-order valence-electron chi connectivity index (χ2n) is 5.40. The average molecular weight is 312 g/mol. The summed E-state index contributed by atoms with van der Waals surface area (Å²) in [7, 11) is 0. The third-order valence-corrected chi connectivity index (χ3v) is 4.04. The number of nitrogens with zero attached hydrogens (tertiary/aromatic N) is 3. The molecule has 1 aliphatic rings. The molecule has 0 aliphatic carbocycles. The smallest absolute Gasteiger partial charge is 0.231 e. The Bertz CT molecular complexity index is 514. The molecule has 0 radical (unpaired) electrons. The zero-order chi connectivity index (χ0) is 15.4. The Morgan fingerprint density at radius 1 is 1.43 bits per heavy atom. The first-order valence-electron chi connectivity index (χ1n) is 7.29. The number of carbonyl (C=O) groups is 1. The predicted molar refractivity (Wildman–Crippen MR) is 83.4 cm³/mol. The van der Waals surface area contributed by atoms with Crippen molar-refractivity contribution in [1.82, 2.24) is 14.9 Å². The van der Waals surface area contributed by atoms with Gasteiger partial charge in [-0.1, -0.05) is 18.5 Å². The Morgan fingerprint density at radius 3 is 2.67 bits per heavy atom. The third kappa shape index (κ3) is 4.28. The van der Waals surface area contributed by atoms with Crippen LogP contribution in [0.2, 0.25) is 5.15 Å². The predicted octanol–water partition coefficient (Wildman–Crippen LogP) is 1.36. The molecule has 0 bridgehead atoms. The van der Waals surface area contributed by atoms with Crippen LogP contribution in [0.15, 0.2) is 0 Å². The Hall–Kier alpha value is -1.40. The minimum Gasteiger partial charge on any atom is -0.369 e. The normalized spacial score (nSPS) is 16.9. The standard InChI is InChI=1S/C14H22ClN5O/c1-3-11-13(15)17-9(2)18-14(11)19-10-4-6-20(7-5-10)8-12(16)21/h10H,3-8H2,1-2H3,(H2,16,21)(H,17,18,19). The van der Waals surface area contributed by atoms with E-state index in [1.165, 1.54) is 0 Å². The highest BCUT2D eigenvalue weighted by atomic mass is 35.5. The molecule has 0 unspecified atom stereocenters. The summed E-state index contributed by atoms with van der Waals surface area (Å²) in [6.07, 6.45) is 2.70. The first-order valence-corrected chi connectivity index (χ1v) is 7.67. The molecule has 3 N–H and O–H groups in total. The number of aromatic nitrogens is 2. The van der Waals surface area contributed by atoms with Gasteiger partial charge in [0.25, 0.3) is 0 Å². The van der Waals surface area contributed by atoms with Gasteiger partial charge in [0.05, 0.1) is 6.54 Å². The van der Waals surface area contributed by atoms with Crippen LogP contribution in [0.25, 0.3) is 0 Å². The molecule has 1 aromatic heterocycles. The molecule has 1 saturated heterocycles. The highest BCUT2D eigenvalue weighted by Gasteiger charge is 2.21. The first kappa shape index (κ1) is 16.0. The molecular formula is C14H22ClN5O. The Labute approximate surface area is 130 Å². The van der Waals surface area contributed by atoms with E-state index in [-0.39, 0.29) is 5.91 Å². The van der Waals surface area contributed by atoms with E-state index in [0.717, 1.165) is 43.7 Å². The van der Waals surface area contributed by atoms with Crippen molar-refractivity contribution in [3.8, 4) is 0 Å². The highest BCUT2D eigenvalue weighted by molar-refractivity contribution is 6.30. The van der Waals surface area contributed by atoms with Crippen molar-refractivity contribution >= 4 is 23.3 Å². The quantitative estimate of drug-likeness (QED) is 0.802. The van der Waals surface area contributed by atoms with Gasteiger partial charge in [-0.3, -0.25) is 9.69 Å². The summed E-state index contributed by atoms with van der Waals surface area (Å²) < 4.78 is 0. The van der Waals surface area contributed by atoms with Gasteiger partial charge in [-0.05, 0) is 26.2 Å². The lowest BCUT2D eigenvalue weighted by molar-refractivity contribution is -0.119. The highest BCUT2D eigenvalue weighted by Crippen LogP contribution is 2.24. The fourth-order valence-electron chi connectivity index (χ4n) is 2.64. The number of likely N-dealkylation sites (tertiary alicyclic amines) is 1. The number of piperidine rings is 1. The molecule has 7 heteroatoms. The molecule has 0 saturated carbocycles. The topological polar surface area (TPSA) is 84.1 Å². The van der Waals surface area contributed by atoms with E-state index in [1.54, 1.807) is 0 Å². The number of primary amides is 1. The maximum atomic E-state index is 10.9. The number of nitrogens with one attached hydrogen (secondary N) is 1. The summed E-state index contributed by atoms with van der Waals surface area (Å²) in [4.78, 5) is 21.7. The summed E-state index contributed by atoms with van der Waals surface area (Å²) in [6, 6.07) is 0.338. The molecule has 1 aromatic rings. The molecule has 1 fully saturated rings. The number of hydrogen-bond donors (Lipinski definition) is 2. The summed E-state index contributed by atoms with van der Waals surface area (Å²) in [6.45, 7) is 5.94. The Kier molecular flexibility index (Phi) is 5.36. The van der Waals surface area contributed by atoms with Crippen LogP contribution in [0, 0.1) is 6.92 Å². The maximum Gasteiger partial charge on any atom is 0.231 e. The van der Waals surface area contributed by atoms with Crippen molar-refractivity contribution < 1.29 is 4.79 Å². The van der Waals surface area contributed by atoms with Crippen molar-refractivity contribution in [3.05, 3.63) is 16.5 Å². The van der Waals surface area contributed by atoms with Gasteiger partial charge in [0.15, 0.2) is 0 Å². The summed E-state index contributed by atoms with van der Waals surface area (Å²) >= 11 is 6.18. The van der Waals surface area contributed by atoms with Crippen molar-refractivity contribution in [3.63, 3.8) is 0 Å². The Balaban J connectivity index is 1.99. The number of carbonyl (C=O) groups excluding carboxylic acids is 1. The number of nitrogens with two attached hydrogens (primary N) is 1. The summed E-state index contributed by atoms with van der Waals surface area (Å²) in [5, 5.41) is 4.00. The van der Waals surface area contributed by atoms with Crippen LogP contribution < -0.4 is 11.1 Å². The van der Waals surface area contributed by atoms with Gasteiger partial charge < -0.3 is 11.1 Å². The molecule has 21 heavy (non-hydrogen) atoms. The van der Waals surface area contributed by atoms with Gasteiger partial charge in [-0.25, -0.2) is 9.97 Å². The lowest BCUT2D eigenvalue weighted by Gasteiger charge is -2.32. The molecule has 0 aromatic carbocycles. The van der Waals surface area contributed by atoms with Gasteiger partial charge in [0, 0.05) is 24.7 Å². The number of rotatable bonds is 5. The minimum absolute atomic E-state index is 0.270. The molecule has 1 amide bonds. The van der Waals surface area contributed by atoms with Crippen LogP contribution in [-0.2, 0) is 11.2 Å². The van der Waals surface area contributed by atoms with Gasteiger partial charge in [0.1, 0.15) is 16.8 Å². The SMILES string of the molecule is CCc1c(Cl)nc(C)nc1NC1CCN(CC(N)=O)CC1. The second kappa shape index (κ2) is 7.04. The van der Waals surface area contributed by atoms with E-state index in [4.69, 9.17) is 17.3 Å². The Morgan fingerprint density at radius 2 is 2.10 bits per heavy atom. The van der Waals surface area contributed by atoms with E-state index >= 15 is 0 Å². The van der Waals surface area contributed by atoms with E-state index in [2.05, 4.69) is 20.2 Å². The van der Waals surface area contributed by atoms with Crippen LogP contribution >= 0.6 is 11.6 Å². The fraction of sp³-hybridized carbons (Fsp3) is 0.643. The van der Waals surface area contributed by atoms with Crippen LogP contribution in [0.4, 0.5) is 5.82 Å².